The lowest BCUT2D eigenvalue weighted by molar-refractivity contribution is -0.124. The highest BCUT2D eigenvalue weighted by atomic mass is 35.5. The molecule has 1 N–H and O–H groups in total. The van der Waals surface area contributed by atoms with E-state index in [4.69, 9.17) is 28.2 Å². The van der Waals surface area contributed by atoms with Crippen molar-refractivity contribution in [3.63, 3.8) is 0 Å². The summed E-state index contributed by atoms with van der Waals surface area (Å²) in [5.41, 5.74) is 4.30. The number of para-hydroxylation sites is 2. The molecule has 38 heavy (non-hydrogen) atoms. The van der Waals surface area contributed by atoms with E-state index in [1.54, 1.807) is 23.1 Å². The van der Waals surface area contributed by atoms with Gasteiger partial charge in [-0.15, -0.1) is 0 Å². The van der Waals surface area contributed by atoms with Crippen LogP contribution in [-0.2, 0) is 4.79 Å². The zero-order valence-corrected chi connectivity index (χ0v) is 23.3. The predicted octanol–water partition coefficient (Wildman–Crippen LogP) is 7.93. The Bertz CT molecular complexity index is 1430. The summed E-state index contributed by atoms with van der Waals surface area (Å²) in [5, 5.41) is 3.72. The Labute approximate surface area is 233 Å². The van der Waals surface area contributed by atoms with Gasteiger partial charge in [0.15, 0.2) is 0 Å². The summed E-state index contributed by atoms with van der Waals surface area (Å²) in [4.78, 5) is 36.7. The van der Waals surface area contributed by atoms with Gasteiger partial charge in [0.05, 0.1) is 33.4 Å². The molecule has 1 heterocycles. The van der Waals surface area contributed by atoms with E-state index in [2.05, 4.69) is 19.2 Å². The molecule has 2 atom stereocenters. The summed E-state index contributed by atoms with van der Waals surface area (Å²) >= 11 is 12.3. The molecule has 2 amide bonds. The zero-order chi connectivity index (χ0) is 27.2. The summed E-state index contributed by atoms with van der Waals surface area (Å²) in [6.45, 7) is 4.19. The molecule has 2 aliphatic rings. The molecule has 6 nitrogen and oxygen atoms in total. The SMILES string of the molecule is CN(C)c1ccc([C@@H]2[C@H]3C(=O)CC(C)(C)CC3=Nc3ccccc3N2C(=O)Nc2ccc(Cl)c(Cl)c2)cc1. The van der Waals surface area contributed by atoms with E-state index in [1.807, 2.05) is 67.5 Å². The Morgan fingerprint density at radius 2 is 1.71 bits per heavy atom. The first kappa shape index (κ1) is 26.3. The quantitative estimate of drug-likeness (QED) is 0.361. The third-order valence-corrected chi connectivity index (χ3v) is 7.90. The molecule has 0 aromatic heterocycles. The lowest BCUT2D eigenvalue weighted by Gasteiger charge is -2.41. The number of hydrogen-bond acceptors (Lipinski definition) is 4. The van der Waals surface area contributed by atoms with E-state index in [1.165, 1.54) is 0 Å². The van der Waals surface area contributed by atoms with Gasteiger partial charge < -0.3 is 10.2 Å². The van der Waals surface area contributed by atoms with Crippen LogP contribution in [0.2, 0.25) is 10.0 Å². The second kappa shape index (κ2) is 10.1. The Hall–Kier alpha value is -3.35. The first-order valence-electron chi connectivity index (χ1n) is 12.6. The number of anilines is 3. The van der Waals surface area contributed by atoms with Gasteiger partial charge >= 0.3 is 6.03 Å². The number of halogens is 2. The van der Waals surface area contributed by atoms with E-state index in [-0.39, 0.29) is 17.2 Å². The number of nitrogens with one attached hydrogen (secondary N) is 1. The summed E-state index contributed by atoms with van der Waals surface area (Å²) < 4.78 is 0. The van der Waals surface area contributed by atoms with Crippen LogP contribution in [0, 0.1) is 11.3 Å². The second-order valence-electron chi connectivity index (χ2n) is 10.9. The number of urea groups is 1. The molecule has 1 saturated carbocycles. The highest BCUT2D eigenvalue weighted by Crippen LogP contribution is 2.48. The van der Waals surface area contributed by atoms with Crippen molar-refractivity contribution in [1.82, 2.24) is 0 Å². The van der Waals surface area contributed by atoms with Gasteiger partial charge in [0, 0.05) is 37.6 Å². The number of Topliss-reactive ketones (excluding diaryl/α,β-unsaturated/α-hetero) is 1. The average molecular weight is 550 g/mol. The molecular weight excluding hydrogens is 519 g/mol. The lowest BCUT2D eigenvalue weighted by Crippen LogP contribution is -2.48. The van der Waals surface area contributed by atoms with Gasteiger partial charge in [0.2, 0.25) is 0 Å². The van der Waals surface area contributed by atoms with Crippen LogP contribution in [0.5, 0.6) is 0 Å². The molecular formula is C30H30Cl2N4O2. The first-order valence-corrected chi connectivity index (χ1v) is 13.3. The predicted molar refractivity (Wildman–Crippen MR) is 157 cm³/mol. The molecule has 3 aromatic carbocycles. The second-order valence-corrected chi connectivity index (χ2v) is 11.7. The molecule has 1 fully saturated rings. The molecule has 1 aliphatic heterocycles. The Kier molecular flexibility index (Phi) is 6.97. The molecule has 0 spiro atoms. The largest absolute Gasteiger partial charge is 0.378 e. The number of rotatable bonds is 3. The maximum atomic E-state index is 14.1. The molecule has 1 aliphatic carbocycles. The third-order valence-electron chi connectivity index (χ3n) is 7.16. The minimum atomic E-state index is -0.583. The minimum Gasteiger partial charge on any atom is -0.378 e. The molecule has 196 valence electrons. The zero-order valence-electron chi connectivity index (χ0n) is 21.8. The summed E-state index contributed by atoms with van der Waals surface area (Å²) in [5.74, 6) is -0.484. The van der Waals surface area contributed by atoms with Crippen molar-refractivity contribution < 1.29 is 9.59 Å². The highest BCUT2D eigenvalue weighted by Gasteiger charge is 2.47. The number of carbonyl (C=O) groups is 2. The van der Waals surface area contributed by atoms with Crippen molar-refractivity contribution in [2.75, 3.05) is 29.2 Å². The fraction of sp³-hybridized carbons (Fsp3) is 0.300. The average Bonchev–Trinajstić information content (AvgIpc) is 3.00. The van der Waals surface area contributed by atoms with Crippen LogP contribution in [0.1, 0.15) is 38.3 Å². The van der Waals surface area contributed by atoms with E-state index in [9.17, 15) is 9.59 Å². The van der Waals surface area contributed by atoms with Crippen molar-refractivity contribution in [3.8, 4) is 0 Å². The van der Waals surface area contributed by atoms with Gasteiger partial charge in [-0.2, -0.15) is 0 Å². The van der Waals surface area contributed by atoms with Gasteiger partial charge in [-0.1, -0.05) is 61.3 Å². The Morgan fingerprint density at radius 1 is 1.00 bits per heavy atom. The standard InChI is InChI=1S/C30H30Cl2N4O2/c1-30(2)16-24-27(26(37)17-30)28(18-9-12-20(13-10-18)35(3)4)36(25-8-6-5-7-23(25)34-24)29(38)33-19-11-14-21(31)22(32)15-19/h5-15,27-28H,16-17H2,1-4H3,(H,33,38)/t27-,28-/m1/s1. The van der Waals surface area contributed by atoms with Crippen LogP contribution in [0.3, 0.4) is 0 Å². The topological polar surface area (TPSA) is 65.0 Å². The molecule has 5 rings (SSSR count). The number of ketones is 1. The Morgan fingerprint density at radius 3 is 2.39 bits per heavy atom. The number of nitrogens with zero attached hydrogens (tertiary/aromatic N) is 3. The van der Waals surface area contributed by atoms with E-state index >= 15 is 0 Å². The maximum Gasteiger partial charge on any atom is 0.327 e. The van der Waals surface area contributed by atoms with Gasteiger partial charge in [-0.25, -0.2) is 4.79 Å². The Balaban J connectivity index is 1.68. The summed E-state index contributed by atoms with van der Waals surface area (Å²) in [7, 11) is 3.96. The van der Waals surface area contributed by atoms with Gasteiger partial charge in [-0.3, -0.25) is 14.7 Å². The minimum absolute atomic E-state index is 0.0850. The summed E-state index contributed by atoms with van der Waals surface area (Å²) in [6, 6.07) is 19.5. The van der Waals surface area contributed by atoms with Crippen LogP contribution in [0.25, 0.3) is 0 Å². The maximum absolute atomic E-state index is 14.1. The normalized spacial score (nSPS) is 20.1. The monoisotopic (exact) mass is 548 g/mol. The van der Waals surface area contributed by atoms with Crippen LogP contribution in [0.4, 0.5) is 27.5 Å². The fourth-order valence-electron chi connectivity index (χ4n) is 5.42. The van der Waals surface area contributed by atoms with Gasteiger partial charge in [0.1, 0.15) is 5.78 Å². The van der Waals surface area contributed by atoms with Crippen molar-refractivity contribution in [2.45, 2.75) is 32.7 Å². The number of amides is 2. The van der Waals surface area contributed by atoms with Crippen LogP contribution in [0.15, 0.2) is 71.7 Å². The van der Waals surface area contributed by atoms with E-state index in [0.29, 0.717) is 39.9 Å². The smallest absolute Gasteiger partial charge is 0.327 e. The molecule has 8 heteroatoms. The van der Waals surface area contributed by atoms with Crippen molar-refractivity contribution in [3.05, 3.63) is 82.3 Å². The number of fused-ring (bicyclic) bond motifs is 2. The molecule has 3 aromatic rings. The van der Waals surface area contributed by atoms with Crippen molar-refractivity contribution in [1.29, 1.82) is 0 Å². The lowest BCUT2D eigenvalue weighted by atomic mass is 9.68. The summed E-state index contributed by atoms with van der Waals surface area (Å²) in [6.07, 6.45) is 1.09. The van der Waals surface area contributed by atoms with Crippen LogP contribution < -0.4 is 15.1 Å². The van der Waals surface area contributed by atoms with Gasteiger partial charge in [0.25, 0.3) is 0 Å². The molecule has 0 unspecified atom stereocenters. The number of carbonyl (C=O) groups excluding carboxylic acids is 2. The van der Waals surface area contributed by atoms with Crippen molar-refractivity contribution in [2.24, 2.45) is 16.3 Å². The molecule has 0 saturated heterocycles. The molecule has 0 bridgehead atoms. The van der Waals surface area contributed by atoms with Crippen molar-refractivity contribution >= 4 is 63.5 Å². The third kappa shape index (κ3) is 5.03. The van der Waals surface area contributed by atoms with E-state index in [0.717, 1.165) is 17.0 Å². The van der Waals surface area contributed by atoms with Crippen LogP contribution in [-0.4, -0.2) is 31.6 Å². The number of hydrogen-bond donors (Lipinski definition) is 1. The fourth-order valence-corrected chi connectivity index (χ4v) is 5.72. The number of benzene rings is 3. The number of aliphatic imine (C=N–C) groups is 1. The molecule has 0 radical (unpaired) electrons. The van der Waals surface area contributed by atoms with Crippen LogP contribution >= 0.6 is 23.2 Å². The van der Waals surface area contributed by atoms with Gasteiger partial charge in [-0.05, 0) is 59.9 Å². The first-order chi connectivity index (χ1) is 18.0. The highest BCUT2D eigenvalue weighted by molar-refractivity contribution is 6.42. The van der Waals surface area contributed by atoms with E-state index < -0.39 is 12.0 Å².